The minimum atomic E-state index is -1.07. The Bertz CT molecular complexity index is 714. The molecule has 1 saturated carbocycles. The summed E-state index contributed by atoms with van der Waals surface area (Å²) in [5, 5.41) is 14.2. The summed E-state index contributed by atoms with van der Waals surface area (Å²) in [6.07, 6.45) is 2.83. The number of carbonyl (C=O) groups excluding carboxylic acids is 2. The molecule has 2 rings (SSSR count). The van der Waals surface area contributed by atoms with Crippen LogP contribution in [0.2, 0.25) is 0 Å². The van der Waals surface area contributed by atoms with E-state index in [0.717, 1.165) is 31.7 Å². The minimum Gasteiger partial charge on any atom is -0.493 e. The lowest BCUT2D eigenvalue weighted by atomic mass is 10.1. The molecule has 0 bridgehead atoms. The van der Waals surface area contributed by atoms with E-state index in [2.05, 4.69) is 5.32 Å². The van der Waals surface area contributed by atoms with Gasteiger partial charge in [0.1, 0.15) is 5.56 Å². The van der Waals surface area contributed by atoms with E-state index in [9.17, 15) is 19.7 Å². The van der Waals surface area contributed by atoms with E-state index in [1.165, 1.54) is 20.1 Å². The molecule has 1 aliphatic rings. The number of nitro groups is 1. The van der Waals surface area contributed by atoms with E-state index >= 15 is 0 Å². The van der Waals surface area contributed by atoms with E-state index in [-0.39, 0.29) is 29.7 Å². The van der Waals surface area contributed by atoms with Gasteiger partial charge in [0.15, 0.2) is 17.6 Å². The number of nitro benzene ring substituents is 1. The Balaban J connectivity index is 2.18. The van der Waals surface area contributed by atoms with Crippen molar-refractivity contribution in [2.45, 2.75) is 51.7 Å². The van der Waals surface area contributed by atoms with Gasteiger partial charge < -0.3 is 19.5 Å². The lowest BCUT2D eigenvalue weighted by molar-refractivity contribution is -0.385. The van der Waals surface area contributed by atoms with Gasteiger partial charge >= 0.3 is 5.97 Å². The van der Waals surface area contributed by atoms with Crippen molar-refractivity contribution in [3.05, 3.63) is 27.8 Å². The van der Waals surface area contributed by atoms with Gasteiger partial charge in [-0.1, -0.05) is 12.8 Å². The molecule has 0 aliphatic heterocycles. The van der Waals surface area contributed by atoms with Crippen LogP contribution >= 0.6 is 0 Å². The molecule has 0 saturated heterocycles. The molecule has 148 valence electrons. The zero-order valence-electron chi connectivity index (χ0n) is 15.6. The highest BCUT2D eigenvalue weighted by Gasteiger charge is 2.29. The fourth-order valence-corrected chi connectivity index (χ4v) is 2.96. The third-order valence-electron chi connectivity index (χ3n) is 4.35. The largest absolute Gasteiger partial charge is 0.493 e. The molecule has 9 heteroatoms. The SMILES string of the molecule is CCOc1cc([N+](=O)[O-])c(C(=O)O[C@@H](C)C(=O)NC2CCCC2)cc1OC. The zero-order chi connectivity index (χ0) is 20.0. The Morgan fingerprint density at radius 2 is 1.96 bits per heavy atom. The summed E-state index contributed by atoms with van der Waals surface area (Å²) in [5.41, 5.74) is -0.784. The first kappa shape index (κ1) is 20.5. The first-order chi connectivity index (χ1) is 12.9. The Kier molecular flexibility index (Phi) is 6.98. The molecule has 1 fully saturated rings. The van der Waals surface area contributed by atoms with Crippen LogP contribution in [0.25, 0.3) is 0 Å². The van der Waals surface area contributed by atoms with Gasteiger partial charge in [0, 0.05) is 12.1 Å². The molecule has 0 spiro atoms. The van der Waals surface area contributed by atoms with E-state index in [1.54, 1.807) is 6.92 Å². The normalized spacial score (nSPS) is 15.1. The number of esters is 1. The maximum atomic E-state index is 12.5. The maximum Gasteiger partial charge on any atom is 0.346 e. The van der Waals surface area contributed by atoms with Crippen LogP contribution in [0, 0.1) is 10.1 Å². The van der Waals surface area contributed by atoms with Crippen molar-refractivity contribution < 1.29 is 28.7 Å². The second-order valence-electron chi connectivity index (χ2n) is 6.25. The fourth-order valence-electron chi connectivity index (χ4n) is 2.96. The van der Waals surface area contributed by atoms with E-state index < -0.39 is 28.6 Å². The maximum absolute atomic E-state index is 12.5. The van der Waals surface area contributed by atoms with Crippen LogP contribution in [0.1, 0.15) is 49.9 Å². The predicted molar refractivity (Wildman–Crippen MR) is 96.1 cm³/mol. The molecule has 0 unspecified atom stereocenters. The number of hydrogen-bond donors (Lipinski definition) is 1. The van der Waals surface area contributed by atoms with Gasteiger partial charge in [0.2, 0.25) is 0 Å². The van der Waals surface area contributed by atoms with Gasteiger partial charge in [0.25, 0.3) is 11.6 Å². The van der Waals surface area contributed by atoms with Crippen LogP contribution in [0.5, 0.6) is 11.5 Å². The highest BCUT2D eigenvalue weighted by Crippen LogP contribution is 2.35. The molecule has 0 heterocycles. The summed E-state index contributed by atoms with van der Waals surface area (Å²) in [4.78, 5) is 35.3. The van der Waals surface area contributed by atoms with Crippen molar-refractivity contribution in [2.75, 3.05) is 13.7 Å². The zero-order valence-corrected chi connectivity index (χ0v) is 15.6. The molecule has 0 aromatic heterocycles. The highest BCUT2D eigenvalue weighted by atomic mass is 16.6. The van der Waals surface area contributed by atoms with Gasteiger partial charge in [-0.3, -0.25) is 14.9 Å². The number of ether oxygens (including phenoxy) is 3. The molecule has 0 radical (unpaired) electrons. The molecule has 1 N–H and O–H groups in total. The molecular formula is C18H24N2O7. The van der Waals surface area contributed by atoms with Crippen molar-refractivity contribution in [3.63, 3.8) is 0 Å². The monoisotopic (exact) mass is 380 g/mol. The van der Waals surface area contributed by atoms with Gasteiger partial charge in [0.05, 0.1) is 24.7 Å². The van der Waals surface area contributed by atoms with Crippen LogP contribution in [0.3, 0.4) is 0 Å². The lowest BCUT2D eigenvalue weighted by Crippen LogP contribution is -2.40. The van der Waals surface area contributed by atoms with Crippen molar-refractivity contribution in [2.24, 2.45) is 0 Å². The molecule has 27 heavy (non-hydrogen) atoms. The molecule has 9 nitrogen and oxygen atoms in total. The lowest BCUT2D eigenvalue weighted by Gasteiger charge is -2.17. The summed E-state index contributed by atoms with van der Waals surface area (Å²) in [7, 11) is 1.36. The quantitative estimate of drug-likeness (QED) is 0.418. The molecular weight excluding hydrogens is 356 g/mol. The Hall–Kier alpha value is -2.84. The summed E-state index contributed by atoms with van der Waals surface area (Å²) in [5.74, 6) is -1.08. The van der Waals surface area contributed by atoms with Crippen LogP contribution < -0.4 is 14.8 Å². The Morgan fingerprint density at radius 3 is 2.52 bits per heavy atom. The number of carbonyl (C=O) groups is 2. The smallest absolute Gasteiger partial charge is 0.346 e. The summed E-state index contributed by atoms with van der Waals surface area (Å²) in [6.45, 7) is 3.42. The first-order valence-electron chi connectivity index (χ1n) is 8.88. The van der Waals surface area contributed by atoms with E-state index in [4.69, 9.17) is 14.2 Å². The standard InChI is InChI=1S/C18H24N2O7/c1-4-26-16-10-14(20(23)24)13(9-15(16)25-3)18(22)27-11(2)17(21)19-12-7-5-6-8-12/h9-12H,4-8H2,1-3H3,(H,19,21)/t11-/m0/s1. The third kappa shape index (κ3) is 5.08. The number of amides is 1. The fraction of sp³-hybridized carbons (Fsp3) is 0.556. The van der Waals surface area contributed by atoms with Crippen LogP contribution in [-0.4, -0.2) is 42.7 Å². The van der Waals surface area contributed by atoms with Crippen LogP contribution in [0.4, 0.5) is 5.69 Å². The molecule has 1 aromatic carbocycles. The second kappa shape index (κ2) is 9.20. The predicted octanol–water partition coefficient (Wildman–Crippen LogP) is 2.61. The highest BCUT2D eigenvalue weighted by molar-refractivity contribution is 5.96. The molecule has 1 atom stereocenters. The average molecular weight is 380 g/mol. The van der Waals surface area contributed by atoms with Crippen molar-refractivity contribution in [3.8, 4) is 11.5 Å². The van der Waals surface area contributed by atoms with Gasteiger partial charge in [-0.2, -0.15) is 0 Å². The Morgan fingerprint density at radius 1 is 1.30 bits per heavy atom. The van der Waals surface area contributed by atoms with Crippen LogP contribution in [-0.2, 0) is 9.53 Å². The van der Waals surface area contributed by atoms with E-state index in [0.29, 0.717) is 0 Å². The third-order valence-corrected chi connectivity index (χ3v) is 4.35. The molecule has 1 aromatic rings. The minimum absolute atomic E-state index is 0.0820. The number of nitrogens with zero attached hydrogens (tertiary/aromatic N) is 1. The summed E-state index contributed by atoms with van der Waals surface area (Å²) in [6, 6.07) is 2.38. The number of rotatable bonds is 8. The summed E-state index contributed by atoms with van der Waals surface area (Å²) >= 11 is 0. The molecule has 1 amide bonds. The van der Waals surface area contributed by atoms with Crippen molar-refractivity contribution in [1.29, 1.82) is 0 Å². The van der Waals surface area contributed by atoms with Crippen molar-refractivity contribution in [1.82, 2.24) is 5.32 Å². The number of methoxy groups -OCH3 is 1. The number of nitrogens with one attached hydrogen (secondary N) is 1. The topological polar surface area (TPSA) is 117 Å². The van der Waals surface area contributed by atoms with Crippen LogP contribution in [0.15, 0.2) is 12.1 Å². The number of benzene rings is 1. The number of hydrogen-bond acceptors (Lipinski definition) is 7. The summed E-state index contributed by atoms with van der Waals surface area (Å²) < 4.78 is 15.6. The van der Waals surface area contributed by atoms with Gasteiger partial charge in [-0.05, 0) is 26.7 Å². The second-order valence-corrected chi connectivity index (χ2v) is 6.25. The average Bonchev–Trinajstić information content (AvgIpc) is 3.14. The Labute approximate surface area is 157 Å². The van der Waals surface area contributed by atoms with Gasteiger partial charge in [-0.15, -0.1) is 0 Å². The first-order valence-corrected chi connectivity index (χ1v) is 8.88. The van der Waals surface area contributed by atoms with Gasteiger partial charge in [-0.25, -0.2) is 4.79 Å². The van der Waals surface area contributed by atoms with Crippen molar-refractivity contribution >= 4 is 17.6 Å². The molecule has 1 aliphatic carbocycles. The van der Waals surface area contributed by atoms with E-state index in [1.807, 2.05) is 0 Å².